The van der Waals surface area contributed by atoms with Crippen molar-refractivity contribution >= 4 is 11.6 Å². The highest BCUT2D eigenvalue weighted by molar-refractivity contribution is 5.99. The number of nitrogens with zero attached hydrogens (tertiary/aromatic N) is 3. The number of anilines is 1. The number of hydrogen-bond donors (Lipinski definition) is 0. The van der Waals surface area contributed by atoms with Crippen molar-refractivity contribution in [3.8, 4) is 0 Å². The third kappa shape index (κ3) is 5.24. The molecule has 0 bridgehead atoms. The van der Waals surface area contributed by atoms with Crippen LogP contribution in [-0.4, -0.2) is 54.5 Å². The summed E-state index contributed by atoms with van der Waals surface area (Å²) in [4.78, 5) is 20.7. The molecule has 1 saturated heterocycles. The Balaban J connectivity index is 1.09. The summed E-state index contributed by atoms with van der Waals surface area (Å²) in [6.45, 7) is 8.28. The molecule has 1 amide bonds. The molecule has 6 rings (SSSR count). The summed E-state index contributed by atoms with van der Waals surface area (Å²) in [7, 11) is 0. The lowest BCUT2D eigenvalue weighted by molar-refractivity contribution is 0.0660. The zero-order valence-electron chi connectivity index (χ0n) is 22.8. The smallest absolute Gasteiger partial charge is 0.254 e. The summed E-state index contributed by atoms with van der Waals surface area (Å²) in [5.74, 6) is 0.687. The van der Waals surface area contributed by atoms with Crippen molar-refractivity contribution in [3.05, 3.63) is 101 Å². The van der Waals surface area contributed by atoms with E-state index in [0.717, 1.165) is 51.3 Å². The van der Waals surface area contributed by atoms with E-state index in [2.05, 4.69) is 94.4 Å². The van der Waals surface area contributed by atoms with Crippen molar-refractivity contribution in [2.45, 2.75) is 64.0 Å². The monoisotopic (exact) mass is 507 g/mol. The molecule has 4 heteroatoms. The number of fused-ring (bicyclic) bond motifs is 1. The number of hydrogen-bond acceptors (Lipinski definition) is 3. The van der Waals surface area contributed by atoms with Crippen molar-refractivity contribution in [1.29, 1.82) is 0 Å². The van der Waals surface area contributed by atoms with Crippen molar-refractivity contribution < 1.29 is 4.79 Å². The summed E-state index contributed by atoms with van der Waals surface area (Å²) in [6, 6.07) is 26.8. The average molecular weight is 508 g/mol. The van der Waals surface area contributed by atoms with Crippen LogP contribution in [0.25, 0.3) is 0 Å². The molecule has 0 spiro atoms. The van der Waals surface area contributed by atoms with Gasteiger partial charge in [0, 0.05) is 55.9 Å². The third-order valence-electron chi connectivity index (χ3n) is 9.12. The summed E-state index contributed by atoms with van der Waals surface area (Å²) in [6.07, 6.45) is 7.30. The van der Waals surface area contributed by atoms with E-state index in [0.29, 0.717) is 12.0 Å². The van der Waals surface area contributed by atoms with Crippen LogP contribution in [0.3, 0.4) is 0 Å². The van der Waals surface area contributed by atoms with E-state index in [-0.39, 0.29) is 5.91 Å². The van der Waals surface area contributed by atoms with Gasteiger partial charge in [-0.15, -0.1) is 0 Å². The van der Waals surface area contributed by atoms with Gasteiger partial charge in [0.1, 0.15) is 0 Å². The van der Waals surface area contributed by atoms with E-state index in [1.807, 2.05) is 0 Å². The molecule has 2 fully saturated rings. The Morgan fingerprint density at radius 1 is 0.816 bits per heavy atom. The maximum absolute atomic E-state index is 13.4. The van der Waals surface area contributed by atoms with Crippen molar-refractivity contribution in [3.63, 3.8) is 0 Å². The first-order valence-corrected chi connectivity index (χ1v) is 14.7. The zero-order valence-corrected chi connectivity index (χ0v) is 22.8. The lowest BCUT2D eigenvalue weighted by atomic mass is 9.88. The van der Waals surface area contributed by atoms with Gasteiger partial charge in [-0.2, -0.15) is 0 Å². The lowest BCUT2D eigenvalue weighted by Gasteiger charge is -2.37. The normalized spacial score (nSPS) is 18.8. The molecule has 3 aliphatic rings. The molecule has 2 heterocycles. The number of rotatable bonds is 7. The van der Waals surface area contributed by atoms with Crippen molar-refractivity contribution in [2.75, 3.05) is 37.6 Å². The van der Waals surface area contributed by atoms with Gasteiger partial charge >= 0.3 is 0 Å². The van der Waals surface area contributed by atoms with Crippen LogP contribution in [0.1, 0.15) is 77.1 Å². The van der Waals surface area contributed by atoms with E-state index in [1.165, 1.54) is 60.0 Å². The third-order valence-corrected chi connectivity index (χ3v) is 9.12. The fourth-order valence-corrected chi connectivity index (χ4v) is 6.95. The quantitative estimate of drug-likeness (QED) is 0.359. The van der Waals surface area contributed by atoms with Gasteiger partial charge in [-0.1, -0.05) is 86.0 Å². The molecule has 0 aromatic heterocycles. The number of carbonyl (C=O) groups is 1. The molecule has 3 aromatic carbocycles. The first-order valence-electron chi connectivity index (χ1n) is 14.7. The Labute approximate surface area is 228 Å². The van der Waals surface area contributed by atoms with E-state index in [4.69, 9.17) is 0 Å². The second-order valence-electron chi connectivity index (χ2n) is 11.5. The molecule has 3 aromatic rings. The topological polar surface area (TPSA) is 26.8 Å². The Morgan fingerprint density at radius 2 is 1.45 bits per heavy atom. The van der Waals surface area contributed by atoms with Crippen LogP contribution < -0.4 is 4.90 Å². The Bertz CT molecular complexity index is 1190. The fraction of sp³-hybridized carbons (Fsp3) is 0.441. The Hall–Kier alpha value is -3.11. The van der Waals surface area contributed by atoms with Gasteiger partial charge in [0.25, 0.3) is 5.91 Å². The molecule has 0 atom stereocenters. The second-order valence-corrected chi connectivity index (χ2v) is 11.5. The molecule has 38 heavy (non-hydrogen) atoms. The molecule has 0 N–H and O–H groups in total. The zero-order chi connectivity index (χ0) is 25.9. The van der Waals surface area contributed by atoms with Crippen LogP contribution in [0, 0.1) is 6.92 Å². The van der Waals surface area contributed by atoms with Gasteiger partial charge in [0.2, 0.25) is 0 Å². The highest BCUT2D eigenvalue weighted by Crippen LogP contribution is 2.35. The van der Waals surface area contributed by atoms with Crippen molar-refractivity contribution in [1.82, 2.24) is 9.80 Å². The van der Waals surface area contributed by atoms with Gasteiger partial charge in [-0.3, -0.25) is 9.69 Å². The van der Waals surface area contributed by atoms with E-state index in [9.17, 15) is 4.79 Å². The van der Waals surface area contributed by atoms with Gasteiger partial charge < -0.3 is 9.80 Å². The maximum Gasteiger partial charge on any atom is 0.254 e. The average Bonchev–Trinajstić information content (AvgIpc) is 3.29. The highest BCUT2D eigenvalue weighted by Gasteiger charge is 2.34. The lowest BCUT2D eigenvalue weighted by Crippen LogP contribution is -2.47. The van der Waals surface area contributed by atoms with Crippen LogP contribution >= 0.6 is 0 Å². The summed E-state index contributed by atoms with van der Waals surface area (Å²) < 4.78 is 0. The second kappa shape index (κ2) is 11.3. The first-order chi connectivity index (χ1) is 18.7. The standard InChI is InChI=1S/C34H41N3O/c1-26-23-29-25-37(30-15-9-4-10-16-30)34(38)32(29)24-33(26)36-21-19-35(20-22-36)18-17-31(27-11-5-2-6-12-27)28-13-7-3-8-14-28/h2-3,5-8,11-14,23-24,30-31H,4,9-10,15-22,25H2,1H3. The number of benzene rings is 3. The molecule has 4 nitrogen and oxygen atoms in total. The molecule has 198 valence electrons. The van der Waals surface area contributed by atoms with Crippen molar-refractivity contribution in [2.24, 2.45) is 0 Å². The summed E-state index contributed by atoms with van der Waals surface area (Å²) in [5, 5.41) is 0. The predicted octanol–water partition coefficient (Wildman–Crippen LogP) is 6.63. The van der Waals surface area contributed by atoms with E-state index in [1.54, 1.807) is 0 Å². The highest BCUT2D eigenvalue weighted by atomic mass is 16.2. The minimum atomic E-state index is 0.264. The van der Waals surface area contributed by atoms with E-state index >= 15 is 0 Å². The van der Waals surface area contributed by atoms with Crippen LogP contribution in [0.5, 0.6) is 0 Å². The van der Waals surface area contributed by atoms with Crippen LogP contribution in [0.2, 0.25) is 0 Å². The molecule has 1 saturated carbocycles. The molecular formula is C34H41N3O. The predicted molar refractivity (Wildman–Crippen MR) is 156 cm³/mol. The molecule has 0 unspecified atom stereocenters. The maximum atomic E-state index is 13.4. The van der Waals surface area contributed by atoms with Gasteiger partial charge in [-0.05, 0) is 61.1 Å². The minimum absolute atomic E-state index is 0.264. The molecule has 2 aliphatic heterocycles. The number of carbonyl (C=O) groups excluding carboxylic acids is 1. The Kier molecular flexibility index (Phi) is 7.51. The number of piperazine rings is 1. The van der Waals surface area contributed by atoms with Gasteiger partial charge in [0.05, 0.1) is 0 Å². The minimum Gasteiger partial charge on any atom is -0.369 e. The molecule has 1 aliphatic carbocycles. The largest absolute Gasteiger partial charge is 0.369 e. The SMILES string of the molecule is Cc1cc2c(cc1N1CCN(CCC(c3ccccc3)c3ccccc3)CC1)C(=O)N(C1CCCCC1)C2. The van der Waals surface area contributed by atoms with Gasteiger partial charge in [-0.25, -0.2) is 0 Å². The number of amides is 1. The van der Waals surface area contributed by atoms with Gasteiger partial charge in [0.15, 0.2) is 0 Å². The van der Waals surface area contributed by atoms with Crippen LogP contribution in [0.4, 0.5) is 5.69 Å². The van der Waals surface area contributed by atoms with Crippen LogP contribution in [0.15, 0.2) is 72.8 Å². The Morgan fingerprint density at radius 3 is 2.08 bits per heavy atom. The molecule has 0 radical (unpaired) electrons. The van der Waals surface area contributed by atoms with Crippen LogP contribution in [-0.2, 0) is 6.54 Å². The number of aryl methyl sites for hydroxylation is 1. The van der Waals surface area contributed by atoms with E-state index < -0.39 is 0 Å². The molecular weight excluding hydrogens is 466 g/mol. The fourth-order valence-electron chi connectivity index (χ4n) is 6.95. The summed E-state index contributed by atoms with van der Waals surface area (Å²) in [5.41, 5.74) is 7.55. The summed E-state index contributed by atoms with van der Waals surface area (Å²) >= 11 is 0. The first kappa shape index (κ1) is 25.2.